The predicted molar refractivity (Wildman–Crippen MR) is 83.8 cm³/mol. The van der Waals surface area contributed by atoms with E-state index in [9.17, 15) is 4.79 Å². The molecule has 1 atom stereocenters. The lowest BCUT2D eigenvalue weighted by molar-refractivity contribution is 0.0928. The lowest BCUT2D eigenvalue weighted by Crippen LogP contribution is -2.48. The third kappa shape index (κ3) is 3.81. The first-order chi connectivity index (χ1) is 11.3. The zero-order chi connectivity index (χ0) is 16.1. The van der Waals surface area contributed by atoms with Crippen molar-refractivity contribution in [2.45, 2.75) is 25.4 Å². The highest BCUT2D eigenvalue weighted by atomic mass is 16.2. The molecule has 0 aliphatic carbocycles. The van der Waals surface area contributed by atoms with Crippen molar-refractivity contribution in [3.63, 3.8) is 0 Å². The zero-order valence-electron chi connectivity index (χ0n) is 12.8. The van der Waals surface area contributed by atoms with Gasteiger partial charge in [0.25, 0.3) is 5.91 Å². The van der Waals surface area contributed by atoms with Crippen molar-refractivity contribution in [1.29, 1.82) is 0 Å². The van der Waals surface area contributed by atoms with Crippen LogP contribution >= 0.6 is 0 Å². The number of nitrogens with zero attached hydrogens (tertiary/aromatic N) is 6. The SMILES string of the molecule is NCCn1cc(C(=O)N[C@@H]2CCCN(c3cnccn3)C2)nn1. The number of hydrogen-bond donors (Lipinski definition) is 2. The Balaban J connectivity index is 1.59. The number of nitrogens with one attached hydrogen (secondary N) is 1. The van der Waals surface area contributed by atoms with Crippen LogP contribution in [0.15, 0.2) is 24.8 Å². The minimum Gasteiger partial charge on any atom is -0.353 e. The third-order valence-corrected chi connectivity index (χ3v) is 3.76. The van der Waals surface area contributed by atoms with Gasteiger partial charge in [0, 0.05) is 38.1 Å². The summed E-state index contributed by atoms with van der Waals surface area (Å²) in [7, 11) is 0. The lowest BCUT2D eigenvalue weighted by atomic mass is 10.1. The van der Waals surface area contributed by atoms with Crippen molar-refractivity contribution in [3.05, 3.63) is 30.5 Å². The minimum absolute atomic E-state index is 0.0536. The van der Waals surface area contributed by atoms with E-state index in [0.717, 1.165) is 25.2 Å². The minimum atomic E-state index is -0.209. The van der Waals surface area contributed by atoms with Crippen LogP contribution in [0, 0.1) is 0 Å². The van der Waals surface area contributed by atoms with Crippen molar-refractivity contribution in [2.75, 3.05) is 24.5 Å². The maximum Gasteiger partial charge on any atom is 0.273 e. The van der Waals surface area contributed by atoms with E-state index in [1.54, 1.807) is 29.5 Å². The summed E-state index contributed by atoms with van der Waals surface area (Å²) < 4.78 is 1.57. The van der Waals surface area contributed by atoms with Gasteiger partial charge in [-0.1, -0.05) is 5.21 Å². The quantitative estimate of drug-likeness (QED) is 0.758. The number of aromatic nitrogens is 5. The van der Waals surface area contributed by atoms with Gasteiger partial charge in [-0.15, -0.1) is 5.10 Å². The van der Waals surface area contributed by atoms with Gasteiger partial charge in [0.05, 0.1) is 18.9 Å². The second-order valence-corrected chi connectivity index (χ2v) is 5.48. The molecule has 1 aliphatic heterocycles. The molecular formula is C14H20N8O. The van der Waals surface area contributed by atoms with E-state index in [2.05, 4.69) is 30.5 Å². The van der Waals surface area contributed by atoms with Gasteiger partial charge in [0.2, 0.25) is 0 Å². The largest absolute Gasteiger partial charge is 0.353 e. The number of anilines is 1. The number of carbonyl (C=O) groups excluding carboxylic acids is 1. The fourth-order valence-electron chi connectivity index (χ4n) is 2.66. The van der Waals surface area contributed by atoms with Crippen molar-refractivity contribution in [1.82, 2.24) is 30.3 Å². The number of hydrogen-bond acceptors (Lipinski definition) is 7. The average molecular weight is 316 g/mol. The molecule has 1 amide bonds. The maximum absolute atomic E-state index is 12.3. The van der Waals surface area contributed by atoms with Gasteiger partial charge in [0.1, 0.15) is 5.82 Å². The smallest absolute Gasteiger partial charge is 0.273 e. The van der Waals surface area contributed by atoms with E-state index in [-0.39, 0.29) is 11.9 Å². The Morgan fingerprint density at radius 1 is 1.43 bits per heavy atom. The molecule has 0 radical (unpaired) electrons. The van der Waals surface area contributed by atoms with E-state index in [1.165, 1.54) is 0 Å². The van der Waals surface area contributed by atoms with Crippen LogP contribution < -0.4 is 16.0 Å². The van der Waals surface area contributed by atoms with Gasteiger partial charge in [0.15, 0.2) is 5.69 Å². The van der Waals surface area contributed by atoms with Gasteiger partial charge in [-0.3, -0.25) is 14.5 Å². The summed E-state index contributed by atoms with van der Waals surface area (Å²) in [4.78, 5) is 22.8. The highest BCUT2D eigenvalue weighted by Crippen LogP contribution is 2.16. The topological polar surface area (TPSA) is 115 Å². The van der Waals surface area contributed by atoms with Crippen molar-refractivity contribution >= 4 is 11.7 Å². The summed E-state index contributed by atoms with van der Waals surface area (Å²) in [6.45, 7) is 2.63. The fraction of sp³-hybridized carbons (Fsp3) is 0.500. The van der Waals surface area contributed by atoms with E-state index in [0.29, 0.717) is 25.3 Å². The monoisotopic (exact) mass is 316 g/mol. The van der Waals surface area contributed by atoms with Gasteiger partial charge in [-0.05, 0) is 12.8 Å². The molecule has 9 heteroatoms. The fourth-order valence-corrected chi connectivity index (χ4v) is 2.66. The van der Waals surface area contributed by atoms with Crippen LogP contribution in [-0.2, 0) is 6.54 Å². The molecule has 122 valence electrons. The second-order valence-electron chi connectivity index (χ2n) is 5.48. The molecule has 1 aliphatic rings. The Kier molecular flexibility index (Phi) is 4.77. The molecule has 9 nitrogen and oxygen atoms in total. The lowest BCUT2D eigenvalue weighted by Gasteiger charge is -2.33. The molecule has 0 saturated carbocycles. The summed E-state index contributed by atoms with van der Waals surface area (Å²) >= 11 is 0. The number of nitrogens with two attached hydrogens (primary N) is 1. The molecule has 23 heavy (non-hydrogen) atoms. The number of piperidine rings is 1. The third-order valence-electron chi connectivity index (χ3n) is 3.76. The Labute approximate surface area is 133 Å². The highest BCUT2D eigenvalue weighted by Gasteiger charge is 2.23. The summed E-state index contributed by atoms with van der Waals surface area (Å²) in [6, 6.07) is 0.0536. The van der Waals surface area contributed by atoms with Crippen LogP contribution in [0.2, 0.25) is 0 Å². The molecule has 1 saturated heterocycles. The van der Waals surface area contributed by atoms with E-state index < -0.39 is 0 Å². The van der Waals surface area contributed by atoms with Crippen LogP contribution in [-0.4, -0.2) is 56.5 Å². The zero-order valence-corrected chi connectivity index (χ0v) is 12.8. The summed E-state index contributed by atoms with van der Waals surface area (Å²) in [5.41, 5.74) is 5.78. The standard InChI is InChI=1S/C14H20N8O/c15-3-7-22-10-12(19-20-22)14(23)18-11-2-1-6-21(9-11)13-8-16-4-5-17-13/h4-5,8,10-11H,1-3,6-7,9,15H2,(H,18,23)/t11-/m1/s1. The number of amides is 1. The van der Waals surface area contributed by atoms with Crippen LogP contribution in [0.3, 0.4) is 0 Å². The molecule has 1 fully saturated rings. The first kappa shape index (κ1) is 15.3. The molecule has 0 bridgehead atoms. The van der Waals surface area contributed by atoms with E-state index in [4.69, 9.17) is 5.73 Å². The van der Waals surface area contributed by atoms with E-state index in [1.807, 2.05) is 0 Å². The predicted octanol–water partition coefficient (Wildman–Crippen LogP) is -0.574. The van der Waals surface area contributed by atoms with Crippen LogP contribution in [0.1, 0.15) is 23.3 Å². The van der Waals surface area contributed by atoms with Crippen molar-refractivity contribution in [2.24, 2.45) is 5.73 Å². The molecule has 0 aromatic carbocycles. The summed E-state index contributed by atoms with van der Waals surface area (Å²) in [6.07, 6.45) is 8.60. The van der Waals surface area contributed by atoms with Crippen LogP contribution in [0.25, 0.3) is 0 Å². The maximum atomic E-state index is 12.3. The Morgan fingerprint density at radius 2 is 2.35 bits per heavy atom. The molecule has 3 N–H and O–H groups in total. The van der Waals surface area contributed by atoms with Gasteiger partial charge in [-0.25, -0.2) is 4.98 Å². The molecular weight excluding hydrogens is 296 g/mol. The molecule has 0 spiro atoms. The first-order valence-corrected chi connectivity index (χ1v) is 7.68. The van der Waals surface area contributed by atoms with Crippen LogP contribution in [0.5, 0.6) is 0 Å². The van der Waals surface area contributed by atoms with Gasteiger partial charge in [-0.2, -0.15) is 0 Å². The highest BCUT2D eigenvalue weighted by molar-refractivity contribution is 5.92. The summed E-state index contributed by atoms with van der Waals surface area (Å²) in [5, 5.41) is 10.8. The molecule has 2 aromatic rings. The molecule has 2 aromatic heterocycles. The van der Waals surface area contributed by atoms with Crippen molar-refractivity contribution < 1.29 is 4.79 Å². The van der Waals surface area contributed by atoms with Gasteiger partial charge < -0.3 is 16.0 Å². The number of carbonyl (C=O) groups is 1. The van der Waals surface area contributed by atoms with Crippen LogP contribution in [0.4, 0.5) is 5.82 Å². The molecule has 3 heterocycles. The Morgan fingerprint density at radius 3 is 3.13 bits per heavy atom. The second kappa shape index (κ2) is 7.14. The molecule has 3 rings (SSSR count). The normalized spacial score (nSPS) is 18.0. The average Bonchev–Trinajstić information content (AvgIpc) is 3.05. The van der Waals surface area contributed by atoms with Gasteiger partial charge >= 0.3 is 0 Å². The Hall–Kier alpha value is -2.55. The van der Waals surface area contributed by atoms with E-state index >= 15 is 0 Å². The first-order valence-electron chi connectivity index (χ1n) is 7.68. The summed E-state index contributed by atoms with van der Waals surface area (Å²) in [5.74, 6) is 0.625. The molecule has 0 unspecified atom stereocenters. The Bertz CT molecular complexity index is 643. The van der Waals surface area contributed by atoms with Crippen molar-refractivity contribution in [3.8, 4) is 0 Å². The number of rotatable bonds is 5.